The average Bonchev–Trinajstić information content (AvgIpc) is 2.19. The summed E-state index contributed by atoms with van der Waals surface area (Å²) in [5, 5.41) is 11.5. The molecular formula is C9H5ClN2O2S. The van der Waals surface area contributed by atoms with Crippen LogP contribution in [0.5, 0.6) is 0 Å². The Hall–Kier alpha value is -1.33. The Labute approximate surface area is 95.4 Å². The highest BCUT2D eigenvalue weighted by Crippen LogP contribution is 2.25. The van der Waals surface area contributed by atoms with Crippen molar-refractivity contribution < 1.29 is 4.92 Å². The van der Waals surface area contributed by atoms with Gasteiger partial charge in [0.25, 0.3) is 5.69 Å². The van der Waals surface area contributed by atoms with Crippen molar-refractivity contribution >= 4 is 40.8 Å². The van der Waals surface area contributed by atoms with Crippen LogP contribution in [0, 0.1) is 10.1 Å². The van der Waals surface area contributed by atoms with Crippen LogP contribution >= 0.6 is 24.2 Å². The molecule has 1 heterocycles. The lowest BCUT2D eigenvalue weighted by Crippen LogP contribution is -1.88. The molecule has 0 fully saturated rings. The lowest BCUT2D eigenvalue weighted by molar-refractivity contribution is -0.384. The number of aromatic nitrogens is 1. The van der Waals surface area contributed by atoms with E-state index in [1.165, 1.54) is 12.1 Å². The molecule has 1 aromatic carbocycles. The second-order valence-electron chi connectivity index (χ2n) is 2.93. The number of nitrogens with zero attached hydrogens (tertiary/aromatic N) is 2. The molecule has 15 heavy (non-hydrogen) atoms. The summed E-state index contributed by atoms with van der Waals surface area (Å²) >= 11 is 9.86. The molecular weight excluding hydrogens is 236 g/mol. The highest BCUT2D eigenvalue weighted by molar-refractivity contribution is 7.80. The highest BCUT2D eigenvalue weighted by Gasteiger charge is 2.08. The molecule has 0 amide bonds. The zero-order chi connectivity index (χ0) is 11.0. The van der Waals surface area contributed by atoms with Gasteiger partial charge in [-0.15, -0.1) is 12.6 Å². The van der Waals surface area contributed by atoms with Gasteiger partial charge in [0.15, 0.2) is 0 Å². The third kappa shape index (κ3) is 1.88. The van der Waals surface area contributed by atoms with Crippen LogP contribution in [0.1, 0.15) is 0 Å². The molecule has 0 atom stereocenters. The first kappa shape index (κ1) is 10.2. The van der Waals surface area contributed by atoms with Gasteiger partial charge in [-0.3, -0.25) is 10.1 Å². The first-order chi connectivity index (χ1) is 7.08. The molecule has 1 aromatic heterocycles. The highest BCUT2D eigenvalue weighted by atomic mass is 35.5. The van der Waals surface area contributed by atoms with Gasteiger partial charge in [0.1, 0.15) is 5.15 Å². The number of nitro benzene ring substituents is 1. The van der Waals surface area contributed by atoms with E-state index < -0.39 is 4.92 Å². The molecule has 2 aromatic rings. The van der Waals surface area contributed by atoms with E-state index in [1.807, 2.05) is 0 Å². The molecule has 2 rings (SSSR count). The van der Waals surface area contributed by atoms with E-state index in [0.29, 0.717) is 21.0 Å². The molecule has 0 unspecified atom stereocenters. The summed E-state index contributed by atoms with van der Waals surface area (Å²) in [5.74, 6) is 0. The topological polar surface area (TPSA) is 56.0 Å². The van der Waals surface area contributed by atoms with Crippen LogP contribution < -0.4 is 0 Å². The Balaban J connectivity index is 2.72. The van der Waals surface area contributed by atoms with E-state index in [1.54, 1.807) is 12.1 Å². The smallest absolute Gasteiger partial charge is 0.258 e. The molecule has 6 heteroatoms. The van der Waals surface area contributed by atoms with Gasteiger partial charge in [-0.05, 0) is 12.1 Å². The molecule has 0 radical (unpaired) electrons. The second kappa shape index (κ2) is 3.67. The number of non-ortho nitro benzene ring substituents is 1. The third-order valence-electron chi connectivity index (χ3n) is 1.94. The molecule has 0 saturated heterocycles. The van der Waals surface area contributed by atoms with Gasteiger partial charge in [-0.2, -0.15) is 0 Å². The normalized spacial score (nSPS) is 10.5. The summed E-state index contributed by atoms with van der Waals surface area (Å²) in [7, 11) is 0. The molecule has 0 bridgehead atoms. The van der Waals surface area contributed by atoms with Gasteiger partial charge < -0.3 is 0 Å². The van der Waals surface area contributed by atoms with E-state index in [-0.39, 0.29) is 5.69 Å². The van der Waals surface area contributed by atoms with Crippen molar-refractivity contribution in [3.63, 3.8) is 0 Å². The van der Waals surface area contributed by atoms with Crippen molar-refractivity contribution in [2.24, 2.45) is 0 Å². The van der Waals surface area contributed by atoms with E-state index in [9.17, 15) is 10.1 Å². The summed E-state index contributed by atoms with van der Waals surface area (Å²) < 4.78 is 0. The van der Waals surface area contributed by atoms with Crippen molar-refractivity contribution in [2.75, 3.05) is 0 Å². The number of pyridine rings is 1. The maximum Gasteiger partial charge on any atom is 0.270 e. The van der Waals surface area contributed by atoms with Crippen LogP contribution in [-0.2, 0) is 0 Å². The maximum absolute atomic E-state index is 10.5. The molecule has 0 saturated carbocycles. The van der Waals surface area contributed by atoms with E-state index in [2.05, 4.69) is 17.6 Å². The zero-order valence-corrected chi connectivity index (χ0v) is 9.00. The lowest BCUT2D eigenvalue weighted by Gasteiger charge is -2.00. The number of halogens is 1. The first-order valence-electron chi connectivity index (χ1n) is 4.01. The van der Waals surface area contributed by atoms with Gasteiger partial charge in [0.2, 0.25) is 0 Å². The molecule has 0 aliphatic carbocycles. The minimum Gasteiger partial charge on any atom is -0.258 e. The Kier molecular flexibility index (Phi) is 2.50. The molecule has 0 aliphatic heterocycles. The number of thiol groups is 1. The predicted octanol–water partition coefficient (Wildman–Crippen LogP) is 3.09. The van der Waals surface area contributed by atoms with Crippen molar-refractivity contribution in [2.45, 2.75) is 4.90 Å². The lowest BCUT2D eigenvalue weighted by atomic mass is 10.2. The van der Waals surface area contributed by atoms with Crippen molar-refractivity contribution in [1.29, 1.82) is 0 Å². The van der Waals surface area contributed by atoms with Crippen LogP contribution in [0.25, 0.3) is 10.9 Å². The fraction of sp³-hybridized carbons (Fsp3) is 0. The third-order valence-corrected chi connectivity index (χ3v) is 2.70. The van der Waals surface area contributed by atoms with E-state index in [4.69, 9.17) is 11.6 Å². The minimum atomic E-state index is -0.452. The predicted molar refractivity (Wildman–Crippen MR) is 60.7 cm³/mol. The monoisotopic (exact) mass is 240 g/mol. The summed E-state index contributed by atoms with van der Waals surface area (Å²) in [6, 6.07) is 6.05. The number of hydrogen-bond donors (Lipinski definition) is 1. The Bertz CT molecular complexity index is 559. The van der Waals surface area contributed by atoms with Gasteiger partial charge >= 0.3 is 0 Å². The number of rotatable bonds is 1. The van der Waals surface area contributed by atoms with Crippen LogP contribution in [-0.4, -0.2) is 9.91 Å². The molecule has 4 nitrogen and oxygen atoms in total. The Morgan fingerprint density at radius 3 is 2.80 bits per heavy atom. The quantitative estimate of drug-likeness (QED) is 0.361. The van der Waals surface area contributed by atoms with Gasteiger partial charge in [0.05, 0.1) is 10.4 Å². The van der Waals surface area contributed by atoms with Crippen LogP contribution in [0.2, 0.25) is 5.15 Å². The fourth-order valence-corrected chi connectivity index (χ4v) is 1.58. The zero-order valence-electron chi connectivity index (χ0n) is 7.35. The van der Waals surface area contributed by atoms with Crippen molar-refractivity contribution in [1.82, 2.24) is 4.98 Å². The number of hydrogen-bond acceptors (Lipinski definition) is 4. The SMILES string of the molecule is O=[N+]([O-])c1ccc2nc(Cl)c(S)cc2c1. The standard InChI is InChI=1S/C9H5ClN2O2S/c10-9-8(15)4-5-3-6(12(13)14)1-2-7(5)11-9/h1-4,15H. The number of benzene rings is 1. The first-order valence-corrected chi connectivity index (χ1v) is 4.84. The number of nitro groups is 1. The summed E-state index contributed by atoms with van der Waals surface area (Å²) in [6.45, 7) is 0. The summed E-state index contributed by atoms with van der Waals surface area (Å²) in [5.41, 5.74) is 0.641. The minimum absolute atomic E-state index is 0.0272. The summed E-state index contributed by atoms with van der Waals surface area (Å²) in [4.78, 5) is 14.6. The van der Waals surface area contributed by atoms with E-state index in [0.717, 1.165) is 0 Å². The van der Waals surface area contributed by atoms with Crippen molar-refractivity contribution in [3.8, 4) is 0 Å². The van der Waals surface area contributed by atoms with Gasteiger partial charge in [-0.1, -0.05) is 11.6 Å². The van der Waals surface area contributed by atoms with E-state index >= 15 is 0 Å². The van der Waals surface area contributed by atoms with Crippen molar-refractivity contribution in [3.05, 3.63) is 39.5 Å². The summed E-state index contributed by atoms with van der Waals surface area (Å²) in [6.07, 6.45) is 0. The number of fused-ring (bicyclic) bond motifs is 1. The molecule has 0 aliphatic rings. The molecule has 76 valence electrons. The van der Waals surface area contributed by atoms with Gasteiger partial charge in [0, 0.05) is 22.4 Å². The average molecular weight is 241 g/mol. The van der Waals surface area contributed by atoms with Crippen LogP contribution in [0.15, 0.2) is 29.2 Å². The van der Waals surface area contributed by atoms with Gasteiger partial charge in [-0.25, -0.2) is 4.98 Å². The van der Waals surface area contributed by atoms with Crippen LogP contribution in [0.4, 0.5) is 5.69 Å². The second-order valence-corrected chi connectivity index (χ2v) is 3.77. The largest absolute Gasteiger partial charge is 0.270 e. The maximum atomic E-state index is 10.5. The fourth-order valence-electron chi connectivity index (χ4n) is 1.24. The Morgan fingerprint density at radius 2 is 2.13 bits per heavy atom. The molecule has 0 N–H and O–H groups in total. The Morgan fingerprint density at radius 1 is 1.40 bits per heavy atom. The van der Waals surface area contributed by atoms with Crippen LogP contribution in [0.3, 0.4) is 0 Å². The molecule has 0 spiro atoms.